The number of imide groups is 1. The summed E-state index contributed by atoms with van der Waals surface area (Å²) in [5.74, 6) is 0.648. The molecule has 2 saturated heterocycles. The SMILES string of the molecule is COCCN1C(=O)CN(C2CCN(c3nc4c(OC)cccc4s3)CC2)C1=O. The molecule has 2 aliphatic rings. The van der Waals surface area contributed by atoms with Crippen LogP contribution in [0.4, 0.5) is 9.93 Å². The van der Waals surface area contributed by atoms with Gasteiger partial charge in [0.05, 0.1) is 25.0 Å². The number of nitrogens with zero attached hydrogens (tertiary/aromatic N) is 4. The van der Waals surface area contributed by atoms with Crippen molar-refractivity contribution in [3.63, 3.8) is 0 Å². The molecule has 3 amide bonds. The zero-order valence-corrected chi connectivity index (χ0v) is 16.9. The van der Waals surface area contributed by atoms with E-state index in [0.717, 1.165) is 47.0 Å². The predicted octanol–water partition coefficient (Wildman–Crippen LogP) is 2.18. The molecular formula is C19H24N4O4S. The molecule has 9 heteroatoms. The lowest BCUT2D eigenvalue weighted by Gasteiger charge is -2.36. The highest BCUT2D eigenvalue weighted by Gasteiger charge is 2.40. The molecule has 28 heavy (non-hydrogen) atoms. The summed E-state index contributed by atoms with van der Waals surface area (Å²) in [6, 6.07) is 5.84. The number of thiazole rings is 1. The van der Waals surface area contributed by atoms with E-state index in [0.29, 0.717) is 13.2 Å². The first kappa shape index (κ1) is 18.9. The molecule has 8 nitrogen and oxygen atoms in total. The summed E-state index contributed by atoms with van der Waals surface area (Å²) in [4.78, 5) is 34.8. The maximum Gasteiger partial charge on any atom is 0.327 e. The lowest BCUT2D eigenvalue weighted by atomic mass is 10.0. The summed E-state index contributed by atoms with van der Waals surface area (Å²) >= 11 is 1.66. The van der Waals surface area contributed by atoms with Gasteiger partial charge in [0.1, 0.15) is 17.8 Å². The number of hydrogen-bond donors (Lipinski definition) is 0. The van der Waals surface area contributed by atoms with E-state index >= 15 is 0 Å². The Morgan fingerprint density at radius 3 is 2.71 bits per heavy atom. The Morgan fingerprint density at radius 1 is 1.21 bits per heavy atom. The van der Waals surface area contributed by atoms with E-state index in [4.69, 9.17) is 14.5 Å². The van der Waals surface area contributed by atoms with Gasteiger partial charge in [0.25, 0.3) is 0 Å². The molecule has 0 bridgehead atoms. The number of fused-ring (bicyclic) bond motifs is 1. The van der Waals surface area contributed by atoms with Gasteiger partial charge < -0.3 is 19.3 Å². The molecule has 3 heterocycles. The number of methoxy groups -OCH3 is 2. The van der Waals surface area contributed by atoms with E-state index in [1.54, 1.807) is 30.5 Å². The molecule has 4 rings (SSSR count). The van der Waals surface area contributed by atoms with Crippen molar-refractivity contribution in [3.8, 4) is 5.75 Å². The lowest BCUT2D eigenvalue weighted by Crippen LogP contribution is -2.46. The van der Waals surface area contributed by atoms with Crippen molar-refractivity contribution in [1.29, 1.82) is 0 Å². The highest BCUT2D eigenvalue weighted by Crippen LogP contribution is 2.35. The molecule has 0 atom stereocenters. The molecule has 0 unspecified atom stereocenters. The summed E-state index contributed by atoms with van der Waals surface area (Å²) in [7, 11) is 3.22. The van der Waals surface area contributed by atoms with E-state index in [2.05, 4.69) is 11.0 Å². The van der Waals surface area contributed by atoms with Crippen molar-refractivity contribution in [2.24, 2.45) is 0 Å². The van der Waals surface area contributed by atoms with Crippen LogP contribution in [-0.4, -0.2) is 79.8 Å². The molecule has 0 radical (unpaired) electrons. The number of rotatable bonds is 6. The van der Waals surface area contributed by atoms with Crippen LogP contribution in [0, 0.1) is 0 Å². The number of hydrogen-bond acceptors (Lipinski definition) is 7. The number of ether oxygens (including phenoxy) is 2. The van der Waals surface area contributed by atoms with Crippen LogP contribution in [0.15, 0.2) is 18.2 Å². The molecule has 0 aliphatic carbocycles. The Kier molecular flexibility index (Phi) is 5.36. The van der Waals surface area contributed by atoms with Crippen molar-refractivity contribution in [1.82, 2.24) is 14.8 Å². The number of piperidine rings is 1. The van der Waals surface area contributed by atoms with Crippen LogP contribution in [0.25, 0.3) is 10.2 Å². The minimum absolute atomic E-state index is 0.0872. The van der Waals surface area contributed by atoms with Gasteiger partial charge >= 0.3 is 6.03 Å². The van der Waals surface area contributed by atoms with Crippen molar-refractivity contribution in [3.05, 3.63) is 18.2 Å². The quantitative estimate of drug-likeness (QED) is 0.687. The van der Waals surface area contributed by atoms with Crippen LogP contribution in [0.2, 0.25) is 0 Å². The zero-order chi connectivity index (χ0) is 19.7. The number of para-hydroxylation sites is 1. The van der Waals surface area contributed by atoms with Crippen molar-refractivity contribution in [2.45, 2.75) is 18.9 Å². The van der Waals surface area contributed by atoms with E-state index in [9.17, 15) is 9.59 Å². The van der Waals surface area contributed by atoms with E-state index in [1.165, 1.54) is 4.90 Å². The third-order valence-electron chi connectivity index (χ3n) is 5.37. The minimum Gasteiger partial charge on any atom is -0.494 e. The second-order valence-corrected chi connectivity index (χ2v) is 7.98. The zero-order valence-electron chi connectivity index (χ0n) is 16.1. The molecule has 1 aromatic heterocycles. The number of amides is 3. The monoisotopic (exact) mass is 404 g/mol. The molecule has 0 saturated carbocycles. The number of anilines is 1. The van der Waals surface area contributed by atoms with E-state index in [-0.39, 0.29) is 24.5 Å². The van der Waals surface area contributed by atoms with Gasteiger partial charge in [-0.1, -0.05) is 17.4 Å². The minimum atomic E-state index is -0.190. The molecule has 0 spiro atoms. The smallest absolute Gasteiger partial charge is 0.327 e. The molecule has 0 N–H and O–H groups in total. The molecule has 2 fully saturated rings. The van der Waals surface area contributed by atoms with Crippen LogP contribution < -0.4 is 9.64 Å². The number of carbonyl (C=O) groups excluding carboxylic acids is 2. The fourth-order valence-corrected chi connectivity index (χ4v) is 4.86. The average molecular weight is 404 g/mol. The van der Waals surface area contributed by atoms with Gasteiger partial charge in [-0.05, 0) is 25.0 Å². The summed E-state index contributed by atoms with van der Waals surface area (Å²) in [5, 5.41) is 0.975. The maximum atomic E-state index is 12.6. The first-order chi connectivity index (χ1) is 13.6. The molecular weight excluding hydrogens is 380 g/mol. The van der Waals surface area contributed by atoms with Crippen LogP contribution in [0.3, 0.4) is 0 Å². The second kappa shape index (κ2) is 7.92. The van der Waals surface area contributed by atoms with E-state index < -0.39 is 0 Å². The first-order valence-corrected chi connectivity index (χ1v) is 10.2. The lowest BCUT2D eigenvalue weighted by molar-refractivity contribution is -0.125. The van der Waals surface area contributed by atoms with Crippen LogP contribution in [0.5, 0.6) is 5.75 Å². The highest BCUT2D eigenvalue weighted by atomic mass is 32.1. The van der Waals surface area contributed by atoms with Crippen molar-refractivity contribution in [2.75, 3.05) is 51.9 Å². The Labute approximate surface area is 167 Å². The standard InChI is InChI=1S/C19H24N4O4S/c1-26-11-10-22-16(24)12-23(19(22)25)13-6-8-21(9-7-13)18-20-17-14(27-2)4-3-5-15(17)28-18/h3-5,13H,6-12H2,1-2H3. The number of urea groups is 1. The molecule has 150 valence electrons. The Bertz CT molecular complexity index is 878. The van der Waals surface area contributed by atoms with Gasteiger partial charge in [-0.15, -0.1) is 0 Å². The number of carbonyl (C=O) groups is 2. The number of aromatic nitrogens is 1. The van der Waals surface area contributed by atoms with Gasteiger partial charge in [0.15, 0.2) is 5.13 Å². The Morgan fingerprint density at radius 2 is 2.00 bits per heavy atom. The molecule has 1 aromatic carbocycles. The highest BCUT2D eigenvalue weighted by molar-refractivity contribution is 7.22. The fourth-order valence-electron chi connectivity index (χ4n) is 3.83. The third kappa shape index (κ3) is 3.40. The topological polar surface area (TPSA) is 75.2 Å². The fraction of sp³-hybridized carbons (Fsp3) is 0.526. The second-order valence-electron chi connectivity index (χ2n) is 6.97. The van der Waals surface area contributed by atoms with Crippen molar-refractivity contribution >= 4 is 38.6 Å². The first-order valence-electron chi connectivity index (χ1n) is 9.40. The van der Waals surface area contributed by atoms with Gasteiger partial charge in [-0.3, -0.25) is 9.69 Å². The molecule has 2 aliphatic heterocycles. The van der Waals surface area contributed by atoms with E-state index in [1.807, 2.05) is 12.1 Å². The van der Waals surface area contributed by atoms with Gasteiger partial charge in [0, 0.05) is 26.2 Å². The summed E-state index contributed by atoms with van der Waals surface area (Å²) < 4.78 is 11.5. The van der Waals surface area contributed by atoms with Crippen LogP contribution in [-0.2, 0) is 9.53 Å². The number of benzene rings is 1. The average Bonchev–Trinajstić information content (AvgIpc) is 3.27. The summed E-state index contributed by atoms with van der Waals surface area (Å²) in [5.41, 5.74) is 0.890. The predicted molar refractivity (Wildman–Crippen MR) is 107 cm³/mol. The van der Waals surface area contributed by atoms with Gasteiger partial charge in [-0.25, -0.2) is 9.78 Å². The maximum absolute atomic E-state index is 12.6. The third-order valence-corrected chi connectivity index (χ3v) is 6.45. The summed E-state index contributed by atoms with van der Waals surface area (Å²) in [6.45, 7) is 2.47. The van der Waals surface area contributed by atoms with Crippen molar-refractivity contribution < 1.29 is 19.1 Å². The van der Waals surface area contributed by atoms with Crippen LogP contribution in [0.1, 0.15) is 12.8 Å². The molecule has 2 aromatic rings. The Balaban J connectivity index is 1.41. The van der Waals surface area contributed by atoms with Crippen LogP contribution >= 0.6 is 11.3 Å². The van der Waals surface area contributed by atoms with Gasteiger partial charge in [0.2, 0.25) is 5.91 Å². The normalized spacial score (nSPS) is 18.6. The summed E-state index contributed by atoms with van der Waals surface area (Å²) in [6.07, 6.45) is 1.65. The largest absolute Gasteiger partial charge is 0.494 e. The van der Waals surface area contributed by atoms with Gasteiger partial charge in [-0.2, -0.15) is 0 Å². The Hall–Kier alpha value is -2.39.